The maximum absolute atomic E-state index is 12.2. The molecule has 1 aromatic heterocycles. The molecular weight excluding hydrogens is 282 g/mol. The highest BCUT2D eigenvalue weighted by Gasteiger charge is 2.20. The molecule has 1 saturated carbocycles. The lowest BCUT2D eigenvalue weighted by Gasteiger charge is -2.12. The van der Waals surface area contributed by atoms with Gasteiger partial charge in [0.25, 0.3) is 0 Å². The highest BCUT2D eigenvalue weighted by Crippen LogP contribution is 2.29. The highest BCUT2D eigenvalue weighted by molar-refractivity contribution is 7.15. The van der Waals surface area contributed by atoms with Crippen LogP contribution in [0.2, 0.25) is 0 Å². The summed E-state index contributed by atoms with van der Waals surface area (Å²) in [4.78, 5) is 12.2. The van der Waals surface area contributed by atoms with Crippen molar-refractivity contribution in [3.63, 3.8) is 0 Å². The van der Waals surface area contributed by atoms with Crippen molar-refractivity contribution in [1.82, 2.24) is 10.2 Å². The molecule has 1 aliphatic carbocycles. The fourth-order valence-corrected chi connectivity index (χ4v) is 3.88. The third-order valence-electron chi connectivity index (χ3n) is 4.40. The first-order valence-electron chi connectivity index (χ1n) is 8.36. The molecule has 4 nitrogen and oxygen atoms in total. The van der Waals surface area contributed by atoms with Gasteiger partial charge in [-0.1, -0.05) is 63.7 Å². The summed E-state index contributed by atoms with van der Waals surface area (Å²) < 4.78 is 0. The Labute approximate surface area is 131 Å². The molecule has 1 amide bonds. The number of rotatable bonds is 8. The molecule has 21 heavy (non-hydrogen) atoms. The van der Waals surface area contributed by atoms with Crippen LogP contribution in [-0.4, -0.2) is 16.1 Å². The van der Waals surface area contributed by atoms with Crippen LogP contribution in [0.25, 0.3) is 0 Å². The van der Waals surface area contributed by atoms with Crippen LogP contribution >= 0.6 is 11.3 Å². The number of aromatic nitrogens is 2. The summed E-state index contributed by atoms with van der Waals surface area (Å²) in [5.41, 5.74) is 0. The highest BCUT2D eigenvalue weighted by atomic mass is 32.1. The second-order valence-electron chi connectivity index (χ2n) is 6.09. The quantitative estimate of drug-likeness (QED) is 0.773. The Kier molecular flexibility index (Phi) is 6.61. The van der Waals surface area contributed by atoms with Crippen LogP contribution in [0.15, 0.2) is 0 Å². The molecule has 0 radical (unpaired) electrons. The van der Waals surface area contributed by atoms with Crippen LogP contribution < -0.4 is 5.32 Å². The normalized spacial score (nSPS) is 17.0. The Bertz CT molecular complexity index is 440. The maximum Gasteiger partial charge on any atom is 0.229 e. The second kappa shape index (κ2) is 8.47. The largest absolute Gasteiger partial charge is 0.300 e. The SMILES string of the molecule is CCCCC(CC)C(=O)Nc1nnc(CC2CCCC2)s1. The molecule has 0 saturated heterocycles. The Morgan fingerprint density at radius 1 is 1.33 bits per heavy atom. The van der Waals surface area contributed by atoms with E-state index in [9.17, 15) is 4.79 Å². The maximum atomic E-state index is 12.2. The molecule has 1 aromatic rings. The van der Waals surface area contributed by atoms with E-state index in [1.165, 1.54) is 25.7 Å². The van der Waals surface area contributed by atoms with Gasteiger partial charge in [-0.25, -0.2) is 0 Å². The molecule has 1 unspecified atom stereocenters. The van der Waals surface area contributed by atoms with E-state index in [0.717, 1.165) is 43.0 Å². The van der Waals surface area contributed by atoms with E-state index in [1.54, 1.807) is 11.3 Å². The number of carbonyl (C=O) groups is 1. The molecule has 0 bridgehead atoms. The number of hydrogen-bond donors (Lipinski definition) is 1. The number of nitrogens with zero attached hydrogens (tertiary/aromatic N) is 2. The molecule has 5 heteroatoms. The number of nitrogens with one attached hydrogen (secondary N) is 1. The van der Waals surface area contributed by atoms with E-state index in [1.807, 2.05) is 0 Å². The van der Waals surface area contributed by atoms with Crippen molar-refractivity contribution in [2.24, 2.45) is 11.8 Å². The summed E-state index contributed by atoms with van der Waals surface area (Å²) in [6.45, 7) is 4.23. The van der Waals surface area contributed by atoms with Gasteiger partial charge in [0.05, 0.1) is 0 Å². The summed E-state index contributed by atoms with van der Waals surface area (Å²) in [6, 6.07) is 0. The van der Waals surface area contributed by atoms with Crippen LogP contribution in [0, 0.1) is 11.8 Å². The predicted molar refractivity (Wildman–Crippen MR) is 87.5 cm³/mol. The molecule has 1 heterocycles. The average Bonchev–Trinajstić information content (AvgIpc) is 3.12. The van der Waals surface area contributed by atoms with Crippen LogP contribution in [0.4, 0.5) is 5.13 Å². The summed E-state index contributed by atoms with van der Waals surface area (Å²) in [5, 5.41) is 13.1. The van der Waals surface area contributed by atoms with Crippen molar-refractivity contribution < 1.29 is 4.79 Å². The van der Waals surface area contributed by atoms with E-state index < -0.39 is 0 Å². The van der Waals surface area contributed by atoms with E-state index in [2.05, 4.69) is 29.4 Å². The van der Waals surface area contributed by atoms with Gasteiger partial charge >= 0.3 is 0 Å². The third-order valence-corrected chi connectivity index (χ3v) is 5.27. The molecule has 1 N–H and O–H groups in total. The number of anilines is 1. The fraction of sp³-hybridized carbons (Fsp3) is 0.812. The zero-order valence-electron chi connectivity index (χ0n) is 13.2. The van der Waals surface area contributed by atoms with Gasteiger partial charge in [0.1, 0.15) is 5.01 Å². The number of carbonyl (C=O) groups excluding carboxylic acids is 1. The molecular formula is C16H27N3OS. The lowest BCUT2D eigenvalue weighted by atomic mass is 9.99. The molecule has 1 atom stereocenters. The minimum Gasteiger partial charge on any atom is -0.300 e. The Hall–Kier alpha value is -0.970. The first-order chi connectivity index (χ1) is 10.2. The lowest BCUT2D eigenvalue weighted by Crippen LogP contribution is -2.22. The van der Waals surface area contributed by atoms with Crippen molar-refractivity contribution in [3.8, 4) is 0 Å². The van der Waals surface area contributed by atoms with Gasteiger partial charge in [0, 0.05) is 12.3 Å². The minimum atomic E-state index is 0.104. The monoisotopic (exact) mass is 309 g/mol. The minimum absolute atomic E-state index is 0.104. The summed E-state index contributed by atoms with van der Waals surface area (Å²) in [6.07, 6.45) is 10.5. The summed E-state index contributed by atoms with van der Waals surface area (Å²) in [5.74, 6) is 0.982. The fourth-order valence-electron chi connectivity index (χ4n) is 3.03. The Balaban J connectivity index is 1.84. The molecule has 118 valence electrons. The molecule has 0 spiro atoms. The van der Waals surface area contributed by atoms with Gasteiger partial charge in [-0.3, -0.25) is 4.79 Å². The van der Waals surface area contributed by atoms with Crippen molar-refractivity contribution in [2.75, 3.05) is 5.32 Å². The van der Waals surface area contributed by atoms with Crippen LogP contribution in [0.3, 0.4) is 0 Å². The lowest BCUT2D eigenvalue weighted by molar-refractivity contribution is -0.120. The molecule has 2 rings (SSSR count). The first-order valence-corrected chi connectivity index (χ1v) is 9.17. The standard InChI is InChI=1S/C16H27N3OS/c1-3-5-10-13(4-2)15(20)17-16-19-18-14(21-16)11-12-8-6-7-9-12/h12-13H,3-11H2,1-2H3,(H,17,19,20). The van der Waals surface area contributed by atoms with Crippen LogP contribution in [0.5, 0.6) is 0 Å². The van der Waals surface area contributed by atoms with Gasteiger partial charge in [0.15, 0.2) is 0 Å². The Morgan fingerprint density at radius 2 is 2.10 bits per heavy atom. The first kappa shape index (κ1) is 16.4. The van der Waals surface area contributed by atoms with Gasteiger partial charge in [-0.15, -0.1) is 10.2 Å². The van der Waals surface area contributed by atoms with E-state index in [4.69, 9.17) is 0 Å². The van der Waals surface area contributed by atoms with Crippen LogP contribution in [-0.2, 0) is 11.2 Å². The number of unbranched alkanes of at least 4 members (excludes halogenated alkanes) is 1. The summed E-state index contributed by atoms with van der Waals surface area (Å²) >= 11 is 1.55. The zero-order valence-corrected chi connectivity index (χ0v) is 14.0. The van der Waals surface area contributed by atoms with Gasteiger partial charge < -0.3 is 5.32 Å². The van der Waals surface area contributed by atoms with Crippen molar-refractivity contribution in [2.45, 2.75) is 71.6 Å². The van der Waals surface area contributed by atoms with Crippen molar-refractivity contribution in [3.05, 3.63) is 5.01 Å². The van der Waals surface area contributed by atoms with Gasteiger partial charge in [-0.05, 0) is 18.8 Å². The molecule has 0 aromatic carbocycles. The number of amides is 1. The summed E-state index contributed by atoms with van der Waals surface area (Å²) in [7, 11) is 0. The van der Waals surface area contributed by atoms with E-state index in [0.29, 0.717) is 5.13 Å². The average molecular weight is 309 g/mol. The molecule has 1 aliphatic rings. The molecule has 0 aliphatic heterocycles. The predicted octanol–water partition coefficient (Wildman–Crippen LogP) is 4.43. The van der Waals surface area contributed by atoms with Crippen molar-refractivity contribution >= 4 is 22.4 Å². The van der Waals surface area contributed by atoms with Crippen LogP contribution in [0.1, 0.15) is 70.2 Å². The second-order valence-corrected chi connectivity index (χ2v) is 7.15. The van der Waals surface area contributed by atoms with E-state index in [-0.39, 0.29) is 11.8 Å². The van der Waals surface area contributed by atoms with Gasteiger partial charge in [0.2, 0.25) is 11.0 Å². The molecule has 1 fully saturated rings. The third kappa shape index (κ3) is 5.06. The smallest absolute Gasteiger partial charge is 0.229 e. The Morgan fingerprint density at radius 3 is 2.76 bits per heavy atom. The number of hydrogen-bond acceptors (Lipinski definition) is 4. The van der Waals surface area contributed by atoms with E-state index >= 15 is 0 Å². The van der Waals surface area contributed by atoms with Crippen molar-refractivity contribution in [1.29, 1.82) is 0 Å². The van der Waals surface area contributed by atoms with Gasteiger partial charge in [-0.2, -0.15) is 0 Å². The topological polar surface area (TPSA) is 54.9 Å². The zero-order chi connectivity index (χ0) is 15.1.